The van der Waals surface area contributed by atoms with Crippen molar-refractivity contribution in [1.29, 1.82) is 0 Å². The van der Waals surface area contributed by atoms with Crippen molar-refractivity contribution in [3.63, 3.8) is 0 Å². The van der Waals surface area contributed by atoms with E-state index in [-0.39, 0.29) is 11.3 Å². The summed E-state index contributed by atoms with van der Waals surface area (Å²) in [5.41, 5.74) is 3.21. The number of ketones is 1. The smallest absolute Gasteiger partial charge is 0.295 e. The van der Waals surface area contributed by atoms with Crippen LogP contribution in [0.1, 0.15) is 28.3 Å². The molecule has 1 aliphatic rings. The third-order valence-electron chi connectivity index (χ3n) is 5.16. The van der Waals surface area contributed by atoms with Crippen LogP contribution in [-0.2, 0) is 9.59 Å². The van der Waals surface area contributed by atoms with Gasteiger partial charge in [0.1, 0.15) is 5.76 Å². The fourth-order valence-corrected chi connectivity index (χ4v) is 3.67. The number of halogens is 1. The summed E-state index contributed by atoms with van der Waals surface area (Å²) in [6.07, 6.45) is 0. The number of aryl methyl sites for hydroxylation is 2. The van der Waals surface area contributed by atoms with Gasteiger partial charge in [-0.3, -0.25) is 9.59 Å². The molecule has 0 bridgehead atoms. The van der Waals surface area contributed by atoms with Gasteiger partial charge in [-0.2, -0.15) is 0 Å². The zero-order valence-corrected chi connectivity index (χ0v) is 17.8. The van der Waals surface area contributed by atoms with Gasteiger partial charge in [-0.15, -0.1) is 0 Å². The van der Waals surface area contributed by atoms with E-state index in [2.05, 4.69) is 0 Å². The van der Waals surface area contributed by atoms with Gasteiger partial charge in [0.15, 0.2) is 0 Å². The van der Waals surface area contributed by atoms with Crippen molar-refractivity contribution >= 4 is 29.1 Å². The van der Waals surface area contributed by atoms with Gasteiger partial charge < -0.3 is 14.9 Å². The van der Waals surface area contributed by atoms with Gasteiger partial charge in [-0.1, -0.05) is 41.4 Å². The minimum absolute atomic E-state index is 0.116. The zero-order valence-electron chi connectivity index (χ0n) is 17.1. The molecule has 6 heteroatoms. The molecule has 2 aromatic rings. The Balaban J connectivity index is 2.19. The molecular weight excluding hydrogens is 388 g/mol. The van der Waals surface area contributed by atoms with Gasteiger partial charge in [0.2, 0.25) is 0 Å². The van der Waals surface area contributed by atoms with Gasteiger partial charge >= 0.3 is 0 Å². The molecule has 3 rings (SSSR count). The van der Waals surface area contributed by atoms with E-state index in [9.17, 15) is 14.7 Å². The minimum Gasteiger partial charge on any atom is -0.507 e. The van der Waals surface area contributed by atoms with Crippen molar-refractivity contribution in [2.45, 2.75) is 19.9 Å². The van der Waals surface area contributed by atoms with Gasteiger partial charge in [0.25, 0.3) is 11.7 Å². The molecule has 1 amide bonds. The second kappa shape index (κ2) is 8.39. The van der Waals surface area contributed by atoms with Crippen LogP contribution in [0.4, 0.5) is 0 Å². The van der Waals surface area contributed by atoms with Crippen LogP contribution < -0.4 is 0 Å². The number of rotatable bonds is 5. The summed E-state index contributed by atoms with van der Waals surface area (Å²) < 4.78 is 0. The van der Waals surface area contributed by atoms with Crippen molar-refractivity contribution < 1.29 is 14.7 Å². The van der Waals surface area contributed by atoms with Crippen LogP contribution in [0.15, 0.2) is 48.0 Å². The Morgan fingerprint density at radius 3 is 2.38 bits per heavy atom. The quantitative estimate of drug-likeness (QED) is 0.459. The van der Waals surface area contributed by atoms with E-state index in [0.717, 1.165) is 16.7 Å². The van der Waals surface area contributed by atoms with Gasteiger partial charge in [0, 0.05) is 23.7 Å². The summed E-state index contributed by atoms with van der Waals surface area (Å²) in [7, 11) is 3.81. The van der Waals surface area contributed by atoms with E-state index in [1.54, 1.807) is 24.3 Å². The fourth-order valence-electron chi connectivity index (χ4n) is 3.55. The molecule has 1 fully saturated rings. The van der Waals surface area contributed by atoms with Crippen LogP contribution in [0.25, 0.3) is 5.76 Å². The number of likely N-dealkylation sites (tertiary alicyclic amines) is 1. The largest absolute Gasteiger partial charge is 0.507 e. The first-order valence-electron chi connectivity index (χ1n) is 9.47. The number of nitrogens with zero attached hydrogens (tertiary/aromatic N) is 2. The Hall–Kier alpha value is -2.63. The molecule has 152 valence electrons. The van der Waals surface area contributed by atoms with E-state index in [0.29, 0.717) is 23.7 Å². The third kappa shape index (κ3) is 4.21. The number of carbonyl (C=O) groups is 2. The molecule has 5 nitrogen and oxygen atoms in total. The number of benzene rings is 2. The maximum absolute atomic E-state index is 13.0. The topological polar surface area (TPSA) is 60.9 Å². The molecule has 1 atom stereocenters. The lowest BCUT2D eigenvalue weighted by Crippen LogP contribution is -2.35. The van der Waals surface area contributed by atoms with Crippen LogP contribution in [0.2, 0.25) is 5.02 Å². The first kappa shape index (κ1) is 21.1. The normalized spacial score (nSPS) is 18.7. The van der Waals surface area contributed by atoms with E-state index in [1.807, 2.05) is 51.0 Å². The summed E-state index contributed by atoms with van der Waals surface area (Å²) in [5, 5.41) is 11.7. The maximum Gasteiger partial charge on any atom is 0.295 e. The predicted octanol–water partition coefficient (Wildman–Crippen LogP) is 3.94. The molecule has 0 aromatic heterocycles. The highest BCUT2D eigenvalue weighted by atomic mass is 35.5. The highest BCUT2D eigenvalue weighted by Crippen LogP contribution is 2.40. The monoisotopic (exact) mass is 412 g/mol. The average Bonchev–Trinajstić information content (AvgIpc) is 2.93. The highest BCUT2D eigenvalue weighted by Gasteiger charge is 2.46. The van der Waals surface area contributed by atoms with Crippen molar-refractivity contribution in [2.75, 3.05) is 27.2 Å². The molecule has 0 spiro atoms. The Labute approximate surface area is 176 Å². The first-order valence-corrected chi connectivity index (χ1v) is 9.84. The number of hydrogen-bond acceptors (Lipinski definition) is 4. The summed E-state index contributed by atoms with van der Waals surface area (Å²) in [4.78, 5) is 29.3. The van der Waals surface area contributed by atoms with Gasteiger partial charge in [-0.25, -0.2) is 0 Å². The minimum atomic E-state index is -0.665. The first-order chi connectivity index (χ1) is 13.7. The number of carbonyl (C=O) groups excluding carboxylic acids is 2. The van der Waals surface area contributed by atoms with E-state index < -0.39 is 17.7 Å². The van der Waals surface area contributed by atoms with Crippen LogP contribution in [-0.4, -0.2) is 53.8 Å². The predicted molar refractivity (Wildman–Crippen MR) is 115 cm³/mol. The zero-order chi connectivity index (χ0) is 21.3. The summed E-state index contributed by atoms with van der Waals surface area (Å²) in [6.45, 7) is 4.76. The molecule has 1 heterocycles. The molecule has 0 saturated carbocycles. The fraction of sp³-hybridized carbons (Fsp3) is 0.304. The van der Waals surface area contributed by atoms with Gasteiger partial charge in [0.05, 0.1) is 11.6 Å². The number of likely N-dealkylation sites (N-methyl/N-ethyl adjacent to an activating group) is 1. The molecule has 2 aromatic carbocycles. The number of amides is 1. The van der Waals surface area contributed by atoms with Crippen molar-refractivity contribution in [3.05, 3.63) is 75.3 Å². The van der Waals surface area contributed by atoms with Crippen molar-refractivity contribution in [3.8, 4) is 0 Å². The second-order valence-corrected chi connectivity index (χ2v) is 8.10. The molecule has 1 aliphatic heterocycles. The Kier molecular flexibility index (Phi) is 6.10. The van der Waals surface area contributed by atoms with E-state index in [4.69, 9.17) is 11.6 Å². The SMILES string of the molecule is Cc1ccc(C)c(/C(O)=C2\C(=O)C(=O)N(CCN(C)C)C2c2ccc(Cl)cc2)c1. The number of hydrogen-bond donors (Lipinski definition) is 1. The third-order valence-corrected chi connectivity index (χ3v) is 5.41. The summed E-state index contributed by atoms with van der Waals surface area (Å²) in [6, 6.07) is 12.0. The number of Topliss-reactive ketones (excluding diaryl/α,β-unsaturated/α-hetero) is 1. The Morgan fingerprint density at radius 1 is 1.10 bits per heavy atom. The molecule has 1 N–H and O–H groups in total. The molecule has 1 unspecified atom stereocenters. The lowest BCUT2D eigenvalue weighted by molar-refractivity contribution is -0.140. The van der Waals surface area contributed by atoms with Crippen molar-refractivity contribution in [1.82, 2.24) is 9.80 Å². The summed E-state index contributed by atoms with van der Waals surface area (Å²) >= 11 is 6.03. The number of aliphatic hydroxyl groups excluding tert-OH is 1. The van der Waals surface area contributed by atoms with E-state index >= 15 is 0 Å². The lowest BCUT2D eigenvalue weighted by Gasteiger charge is -2.26. The standard InChI is InChI=1S/C23H25ClN2O3/c1-14-5-6-15(2)18(13-14)21(27)19-20(16-7-9-17(24)10-8-16)26(12-11-25(3)4)23(29)22(19)28/h5-10,13,20,27H,11-12H2,1-4H3/b21-19+. The summed E-state index contributed by atoms with van der Waals surface area (Å²) in [5.74, 6) is -1.40. The Morgan fingerprint density at radius 2 is 1.76 bits per heavy atom. The average molecular weight is 413 g/mol. The number of aliphatic hydroxyl groups is 1. The molecular formula is C23H25ClN2O3. The van der Waals surface area contributed by atoms with Crippen LogP contribution in [0.5, 0.6) is 0 Å². The highest BCUT2D eigenvalue weighted by molar-refractivity contribution is 6.46. The van der Waals surface area contributed by atoms with E-state index in [1.165, 1.54) is 4.90 Å². The van der Waals surface area contributed by atoms with Crippen molar-refractivity contribution in [2.24, 2.45) is 0 Å². The van der Waals surface area contributed by atoms with Crippen LogP contribution in [0.3, 0.4) is 0 Å². The molecule has 29 heavy (non-hydrogen) atoms. The molecule has 0 radical (unpaired) electrons. The molecule has 0 aliphatic carbocycles. The Bertz CT molecular complexity index is 980. The second-order valence-electron chi connectivity index (χ2n) is 7.67. The van der Waals surface area contributed by atoms with Crippen LogP contribution in [0, 0.1) is 13.8 Å². The lowest BCUT2D eigenvalue weighted by atomic mass is 9.93. The van der Waals surface area contributed by atoms with Gasteiger partial charge in [-0.05, 0) is 57.3 Å². The molecule has 1 saturated heterocycles. The maximum atomic E-state index is 13.0. The van der Waals surface area contributed by atoms with Crippen LogP contribution >= 0.6 is 11.6 Å².